The van der Waals surface area contributed by atoms with Gasteiger partial charge in [-0.2, -0.15) is 0 Å². The number of hydroxylamine groups is 1. The van der Waals surface area contributed by atoms with Crippen LogP contribution in [0.5, 0.6) is 0 Å². The highest BCUT2D eigenvalue weighted by Crippen LogP contribution is 2.25. The molecule has 0 atom stereocenters. The predicted octanol–water partition coefficient (Wildman–Crippen LogP) is 3.47. The van der Waals surface area contributed by atoms with Crippen LogP contribution in [0.1, 0.15) is 35.8 Å². The van der Waals surface area contributed by atoms with Gasteiger partial charge in [0.05, 0.1) is 0 Å². The number of hydrogen-bond donors (Lipinski definition) is 3. The Hall–Kier alpha value is -2.66. The highest BCUT2D eigenvalue weighted by molar-refractivity contribution is 5.96. The summed E-state index contributed by atoms with van der Waals surface area (Å²) in [5.41, 5.74) is 5.89. The summed E-state index contributed by atoms with van der Waals surface area (Å²) in [7, 11) is 0. The largest absolute Gasteiger partial charge is 0.354 e. The lowest BCUT2D eigenvalue weighted by Crippen LogP contribution is -2.19. The van der Waals surface area contributed by atoms with Crippen LogP contribution in [-0.2, 0) is 0 Å². The molecule has 5 nitrogen and oxygen atoms in total. The van der Waals surface area contributed by atoms with E-state index in [1.165, 1.54) is 5.56 Å². The van der Waals surface area contributed by atoms with E-state index in [9.17, 15) is 4.79 Å². The van der Waals surface area contributed by atoms with Crippen LogP contribution in [-0.4, -0.2) is 21.1 Å². The summed E-state index contributed by atoms with van der Waals surface area (Å²) in [4.78, 5) is 18.7. The number of H-pyrrole nitrogens is 1. The Kier molecular flexibility index (Phi) is 3.65. The zero-order valence-corrected chi connectivity index (χ0v) is 12.4. The summed E-state index contributed by atoms with van der Waals surface area (Å²) in [6.07, 6.45) is 1.61. The molecule has 0 unspecified atom stereocenters. The number of nitrogens with zero attached hydrogens (tertiary/aromatic N) is 1. The number of aromatic nitrogens is 2. The maximum atomic E-state index is 11.4. The molecule has 3 N–H and O–H groups in total. The molecule has 0 saturated heterocycles. The van der Waals surface area contributed by atoms with Crippen LogP contribution in [0.4, 0.5) is 0 Å². The first kappa shape index (κ1) is 14.3. The number of pyridine rings is 1. The Morgan fingerprint density at radius 2 is 1.95 bits per heavy atom. The maximum Gasteiger partial charge on any atom is 0.293 e. The molecule has 22 heavy (non-hydrogen) atoms. The Morgan fingerprint density at radius 3 is 2.59 bits per heavy atom. The SMILES string of the molecule is CC(C)c1ccc(-c2cc3cnc(C(=O)NO)cc3[nH]2)cc1. The molecule has 0 aliphatic carbocycles. The second-order valence-electron chi connectivity index (χ2n) is 5.56. The van der Waals surface area contributed by atoms with Crippen molar-refractivity contribution in [1.82, 2.24) is 15.4 Å². The van der Waals surface area contributed by atoms with Crippen molar-refractivity contribution in [2.75, 3.05) is 0 Å². The predicted molar refractivity (Wildman–Crippen MR) is 84.9 cm³/mol. The van der Waals surface area contributed by atoms with Crippen LogP contribution in [0.15, 0.2) is 42.6 Å². The average Bonchev–Trinajstić information content (AvgIpc) is 2.97. The van der Waals surface area contributed by atoms with E-state index in [2.05, 4.69) is 48.1 Å². The van der Waals surface area contributed by atoms with Crippen molar-refractivity contribution in [3.8, 4) is 11.3 Å². The van der Waals surface area contributed by atoms with Gasteiger partial charge in [0.25, 0.3) is 5.91 Å². The van der Waals surface area contributed by atoms with Crippen LogP contribution < -0.4 is 5.48 Å². The van der Waals surface area contributed by atoms with Gasteiger partial charge in [0.2, 0.25) is 0 Å². The Bertz CT molecular complexity index is 820. The standard InChI is InChI=1S/C17H17N3O2/c1-10(2)11-3-5-12(6-4-11)14-7-13-9-18-16(17(21)20-22)8-15(13)19-14/h3-10,19,22H,1-2H3,(H,20,21). The molecule has 112 valence electrons. The van der Waals surface area contributed by atoms with E-state index < -0.39 is 5.91 Å². The Balaban J connectivity index is 1.99. The summed E-state index contributed by atoms with van der Waals surface area (Å²) >= 11 is 0. The summed E-state index contributed by atoms with van der Waals surface area (Å²) in [5.74, 6) is -0.125. The normalized spacial score (nSPS) is 11.1. The van der Waals surface area contributed by atoms with E-state index in [1.54, 1.807) is 17.7 Å². The first-order valence-electron chi connectivity index (χ1n) is 7.12. The molecule has 3 aromatic rings. The van der Waals surface area contributed by atoms with E-state index in [4.69, 9.17) is 5.21 Å². The lowest BCUT2D eigenvalue weighted by atomic mass is 10.0. The number of hydrogen-bond acceptors (Lipinski definition) is 3. The fourth-order valence-electron chi connectivity index (χ4n) is 2.41. The van der Waals surface area contributed by atoms with E-state index in [0.29, 0.717) is 5.92 Å². The summed E-state index contributed by atoms with van der Waals surface area (Å²) in [6.45, 7) is 4.33. The fraction of sp³-hybridized carbons (Fsp3) is 0.176. The van der Waals surface area contributed by atoms with Gasteiger partial charge in [-0.25, -0.2) is 5.48 Å². The lowest BCUT2D eigenvalue weighted by molar-refractivity contribution is 0.0701. The van der Waals surface area contributed by atoms with Gasteiger partial charge in [-0.15, -0.1) is 0 Å². The fourth-order valence-corrected chi connectivity index (χ4v) is 2.41. The average molecular weight is 295 g/mol. The topological polar surface area (TPSA) is 78.0 Å². The van der Waals surface area contributed by atoms with Gasteiger partial charge in [-0.05, 0) is 29.2 Å². The zero-order chi connectivity index (χ0) is 15.7. The molecule has 0 saturated carbocycles. The zero-order valence-electron chi connectivity index (χ0n) is 12.4. The van der Waals surface area contributed by atoms with E-state index in [0.717, 1.165) is 22.2 Å². The van der Waals surface area contributed by atoms with Gasteiger partial charge < -0.3 is 4.98 Å². The van der Waals surface area contributed by atoms with Gasteiger partial charge in [0, 0.05) is 22.8 Å². The van der Waals surface area contributed by atoms with Crippen LogP contribution >= 0.6 is 0 Å². The highest BCUT2D eigenvalue weighted by atomic mass is 16.5. The lowest BCUT2D eigenvalue weighted by Gasteiger charge is -2.05. The number of rotatable bonds is 3. The molecule has 3 rings (SSSR count). The number of benzene rings is 1. The molecule has 0 fully saturated rings. The van der Waals surface area contributed by atoms with Crippen molar-refractivity contribution in [2.45, 2.75) is 19.8 Å². The van der Waals surface area contributed by atoms with Crippen molar-refractivity contribution < 1.29 is 10.0 Å². The maximum absolute atomic E-state index is 11.4. The van der Waals surface area contributed by atoms with Gasteiger partial charge in [0.15, 0.2) is 0 Å². The van der Waals surface area contributed by atoms with Crippen molar-refractivity contribution in [3.63, 3.8) is 0 Å². The third kappa shape index (κ3) is 2.58. The van der Waals surface area contributed by atoms with Gasteiger partial charge in [-0.1, -0.05) is 38.1 Å². The van der Waals surface area contributed by atoms with Gasteiger partial charge in [0.1, 0.15) is 5.69 Å². The van der Waals surface area contributed by atoms with Crippen LogP contribution in [0.2, 0.25) is 0 Å². The smallest absolute Gasteiger partial charge is 0.293 e. The summed E-state index contributed by atoms with van der Waals surface area (Å²) in [5, 5.41) is 9.58. The van der Waals surface area contributed by atoms with Crippen LogP contribution in [0, 0.1) is 0 Å². The number of fused-ring (bicyclic) bond motifs is 1. The molecule has 1 aromatic carbocycles. The molecule has 0 spiro atoms. The van der Waals surface area contributed by atoms with E-state index in [1.807, 2.05) is 6.07 Å². The molecule has 0 bridgehead atoms. The molecule has 2 aromatic heterocycles. The molecule has 0 radical (unpaired) electrons. The number of aromatic amines is 1. The monoisotopic (exact) mass is 295 g/mol. The second-order valence-corrected chi connectivity index (χ2v) is 5.56. The Labute approximate surface area is 128 Å². The molecule has 0 aliphatic heterocycles. The molecular formula is C17H17N3O2. The van der Waals surface area contributed by atoms with Crippen LogP contribution in [0.3, 0.4) is 0 Å². The molecule has 1 amide bonds. The molecule has 2 heterocycles. The summed E-state index contributed by atoms with van der Waals surface area (Å²) < 4.78 is 0. The minimum Gasteiger partial charge on any atom is -0.354 e. The second kappa shape index (κ2) is 5.61. The molecule has 0 aliphatic rings. The van der Waals surface area contributed by atoms with Gasteiger partial charge >= 0.3 is 0 Å². The van der Waals surface area contributed by atoms with Gasteiger partial charge in [-0.3, -0.25) is 15.0 Å². The first-order chi connectivity index (χ1) is 10.6. The number of carbonyl (C=O) groups is 1. The number of amides is 1. The highest BCUT2D eigenvalue weighted by Gasteiger charge is 2.09. The van der Waals surface area contributed by atoms with Crippen molar-refractivity contribution >= 4 is 16.8 Å². The Morgan fingerprint density at radius 1 is 1.23 bits per heavy atom. The first-order valence-corrected chi connectivity index (χ1v) is 7.12. The minimum absolute atomic E-state index is 0.165. The number of nitrogens with one attached hydrogen (secondary N) is 2. The third-order valence-corrected chi connectivity index (χ3v) is 3.73. The van der Waals surface area contributed by atoms with Crippen molar-refractivity contribution in [1.29, 1.82) is 0 Å². The third-order valence-electron chi connectivity index (χ3n) is 3.73. The molecule has 5 heteroatoms. The number of carbonyl (C=O) groups excluding carboxylic acids is 1. The van der Waals surface area contributed by atoms with E-state index >= 15 is 0 Å². The molecular weight excluding hydrogens is 278 g/mol. The van der Waals surface area contributed by atoms with E-state index in [-0.39, 0.29) is 5.69 Å². The van der Waals surface area contributed by atoms with Crippen LogP contribution in [0.25, 0.3) is 22.2 Å². The minimum atomic E-state index is -0.626. The van der Waals surface area contributed by atoms with Crippen molar-refractivity contribution in [2.24, 2.45) is 0 Å². The van der Waals surface area contributed by atoms with Crippen molar-refractivity contribution in [3.05, 3.63) is 53.9 Å². The quantitative estimate of drug-likeness (QED) is 0.511. The summed E-state index contributed by atoms with van der Waals surface area (Å²) in [6, 6.07) is 12.0.